The first-order chi connectivity index (χ1) is 8.81. The SMILES string of the molecule is CCC1CCN(C2CCN3CCC2C3)C(CN)C1. The molecule has 18 heavy (non-hydrogen) atoms. The lowest BCUT2D eigenvalue weighted by atomic mass is 9.84. The van der Waals surface area contributed by atoms with Crippen molar-refractivity contribution >= 4 is 0 Å². The molecule has 0 aromatic rings. The van der Waals surface area contributed by atoms with Gasteiger partial charge in [0, 0.05) is 25.2 Å². The van der Waals surface area contributed by atoms with E-state index in [2.05, 4.69) is 16.7 Å². The van der Waals surface area contributed by atoms with Gasteiger partial charge in [0.1, 0.15) is 0 Å². The summed E-state index contributed by atoms with van der Waals surface area (Å²) >= 11 is 0. The Balaban J connectivity index is 1.67. The normalized spacial score (nSPS) is 45.3. The number of nitrogens with two attached hydrogens (primary N) is 1. The van der Waals surface area contributed by atoms with E-state index in [4.69, 9.17) is 5.73 Å². The van der Waals surface area contributed by atoms with Gasteiger partial charge in [0.05, 0.1) is 0 Å². The van der Waals surface area contributed by atoms with Crippen LogP contribution in [0.25, 0.3) is 0 Å². The van der Waals surface area contributed by atoms with Gasteiger partial charge < -0.3 is 10.6 Å². The van der Waals surface area contributed by atoms with E-state index >= 15 is 0 Å². The van der Waals surface area contributed by atoms with Crippen LogP contribution in [0.1, 0.15) is 39.0 Å². The molecular formula is C15H29N3. The molecule has 3 rings (SSSR count). The number of piperidine rings is 2. The number of rotatable bonds is 3. The standard InChI is InChI=1S/C15H29N3/c1-2-12-3-8-18(14(9-12)10-16)15-5-7-17-6-4-13(15)11-17/h12-15H,2-11,16H2,1H3. The average molecular weight is 251 g/mol. The Morgan fingerprint density at radius 1 is 1.11 bits per heavy atom. The summed E-state index contributed by atoms with van der Waals surface area (Å²) in [5, 5.41) is 0. The number of nitrogens with zero attached hydrogens (tertiary/aromatic N) is 2. The molecule has 3 heteroatoms. The van der Waals surface area contributed by atoms with Gasteiger partial charge in [-0.3, -0.25) is 4.90 Å². The molecule has 0 radical (unpaired) electrons. The van der Waals surface area contributed by atoms with Crippen LogP contribution in [0.2, 0.25) is 0 Å². The van der Waals surface area contributed by atoms with Crippen LogP contribution in [0.15, 0.2) is 0 Å². The van der Waals surface area contributed by atoms with E-state index in [1.54, 1.807) is 0 Å². The summed E-state index contributed by atoms with van der Waals surface area (Å²) in [6.45, 7) is 8.54. The van der Waals surface area contributed by atoms with E-state index in [9.17, 15) is 0 Å². The van der Waals surface area contributed by atoms with Crippen LogP contribution >= 0.6 is 0 Å². The third kappa shape index (κ3) is 2.33. The lowest BCUT2D eigenvalue weighted by Crippen LogP contribution is -2.55. The first-order valence-electron chi connectivity index (χ1n) is 8.00. The fourth-order valence-electron chi connectivity index (χ4n) is 4.56. The fraction of sp³-hybridized carbons (Fsp3) is 1.00. The third-order valence-electron chi connectivity index (χ3n) is 5.74. The molecule has 0 saturated carbocycles. The molecule has 0 aliphatic carbocycles. The van der Waals surface area contributed by atoms with Crippen molar-refractivity contribution in [2.75, 3.05) is 32.7 Å². The molecule has 3 nitrogen and oxygen atoms in total. The highest BCUT2D eigenvalue weighted by Crippen LogP contribution is 2.35. The van der Waals surface area contributed by atoms with E-state index in [1.165, 1.54) is 58.3 Å². The molecule has 0 aromatic carbocycles. The maximum absolute atomic E-state index is 6.06. The molecular weight excluding hydrogens is 222 g/mol. The molecule has 3 heterocycles. The van der Waals surface area contributed by atoms with Gasteiger partial charge in [-0.2, -0.15) is 0 Å². The molecule has 2 bridgehead atoms. The van der Waals surface area contributed by atoms with Crippen LogP contribution in [0, 0.1) is 11.8 Å². The molecule has 5 unspecified atom stereocenters. The second kappa shape index (κ2) is 5.48. The molecule has 2 N–H and O–H groups in total. The van der Waals surface area contributed by atoms with Gasteiger partial charge in [-0.25, -0.2) is 0 Å². The Kier molecular flexibility index (Phi) is 3.92. The van der Waals surface area contributed by atoms with Crippen LogP contribution in [0.4, 0.5) is 0 Å². The van der Waals surface area contributed by atoms with Crippen LogP contribution in [0.5, 0.6) is 0 Å². The van der Waals surface area contributed by atoms with Gasteiger partial charge in [-0.1, -0.05) is 13.3 Å². The van der Waals surface area contributed by atoms with Gasteiger partial charge in [-0.15, -0.1) is 0 Å². The van der Waals surface area contributed by atoms with Crippen molar-refractivity contribution in [2.24, 2.45) is 17.6 Å². The second-order valence-corrected chi connectivity index (χ2v) is 6.63. The predicted octanol–water partition coefficient (Wildman–Crippen LogP) is 1.53. The van der Waals surface area contributed by atoms with Crippen molar-refractivity contribution in [1.29, 1.82) is 0 Å². The summed E-state index contributed by atoms with van der Waals surface area (Å²) in [5.74, 6) is 1.87. The van der Waals surface area contributed by atoms with E-state index < -0.39 is 0 Å². The zero-order valence-corrected chi connectivity index (χ0v) is 11.9. The minimum absolute atomic E-state index is 0.667. The quantitative estimate of drug-likeness (QED) is 0.825. The smallest absolute Gasteiger partial charge is 0.0224 e. The zero-order valence-electron chi connectivity index (χ0n) is 11.9. The zero-order chi connectivity index (χ0) is 12.5. The fourth-order valence-corrected chi connectivity index (χ4v) is 4.56. The first-order valence-corrected chi connectivity index (χ1v) is 8.00. The minimum atomic E-state index is 0.667. The third-order valence-corrected chi connectivity index (χ3v) is 5.74. The van der Waals surface area contributed by atoms with Crippen molar-refractivity contribution in [3.8, 4) is 0 Å². The Morgan fingerprint density at radius 2 is 1.94 bits per heavy atom. The number of hydrogen-bond donors (Lipinski definition) is 1. The van der Waals surface area contributed by atoms with E-state index in [0.717, 1.165) is 24.4 Å². The minimum Gasteiger partial charge on any atom is -0.329 e. The lowest BCUT2D eigenvalue weighted by Gasteiger charge is -2.47. The van der Waals surface area contributed by atoms with Crippen LogP contribution in [0.3, 0.4) is 0 Å². The highest BCUT2D eigenvalue weighted by atomic mass is 15.3. The van der Waals surface area contributed by atoms with E-state index in [1.807, 2.05) is 0 Å². The van der Waals surface area contributed by atoms with Gasteiger partial charge >= 0.3 is 0 Å². The Labute approximate surface area is 112 Å². The first kappa shape index (κ1) is 12.9. The Morgan fingerprint density at radius 3 is 2.72 bits per heavy atom. The highest BCUT2D eigenvalue weighted by Gasteiger charge is 2.40. The van der Waals surface area contributed by atoms with Crippen LogP contribution in [-0.4, -0.2) is 54.6 Å². The summed E-state index contributed by atoms with van der Waals surface area (Å²) in [5.41, 5.74) is 6.06. The molecule has 3 aliphatic heterocycles. The monoisotopic (exact) mass is 251 g/mol. The van der Waals surface area contributed by atoms with Crippen LogP contribution in [-0.2, 0) is 0 Å². The Hall–Kier alpha value is -0.120. The van der Waals surface area contributed by atoms with Crippen molar-refractivity contribution < 1.29 is 0 Å². The van der Waals surface area contributed by atoms with Gasteiger partial charge in [0.2, 0.25) is 0 Å². The van der Waals surface area contributed by atoms with Crippen LogP contribution < -0.4 is 5.73 Å². The number of hydrogen-bond acceptors (Lipinski definition) is 3. The molecule has 0 aromatic heterocycles. The molecule has 0 amide bonds. The maximum atomic E-state index is 6.06. The van der Waals surface area contributed by atoms with Crippen molar-refractivity contribution in [3.63, 3.8) is 0 Å². The summed E-state index contributed by atoms with van der Waals surface area (Å²) in [6.07, 6.45) is 6.90. The molecule has 3 fully saturated rings. The van der Waals surface area contributed by atoms with Gasteiger partial charge in [0.15, 0.2) is 0 Å². The van der Waals surface area contributed by atoms with Crippen molar-refractivity contribution in [2.45, 2.75) is 51.1 Å². The maximum Gasteiger partial charge on any atom is 0.0224 e. The lowest BCUT2D eigenvalue weighted by molar-refractivity contribution is 0.0246. The summed E-state index contributed by atoms with van der Waals surface area (Å²) in [6, 6.07) is 1.51. The second-order valence-electron chi connectivity index (χ2n) is 6.63. The van der Waals surface area contributed by atoms with Gasteiger partial charge in [-0.05, 0) is 57.2 Å². The largest absolute Gasteiger partial charge is 0.329 e. The summed E-state index contributed by atoms with van der Waals surface area (Å²) in [7, 11) is 0. The molecule has 0 spiro atoms. The topological polar surface area (TPSA) is 32.5 Å². The predicted molar refractivity (Wildman–Crippen MR) is 75.5 cm³/mol. The molecule has 3 aliphatic rings. The summed E-state index contributed by atoms with van der Waals surface area (Å²) < 4.78 is 0. The average Bonchev–Trinajstić information content (AvgIpc) is 2.80. The number of fused-ring (bicyclic) bond motifs is 2. The summed E-state index contributed by atoms with van der Waals surface area (Å²) in [4.78, 5) is 5.46. The van der Waals surface area contributed by atoms with Crippen molar-refractivity contribution in [1.82, 2.24) is 9.80 Å². The number of likely N-dealkylation sites (tertiary alicyclic amines) is 1. The van der Waals surface area contributed by atoms with Crippen molar-refractivity contribution in [3.05, 3.63) is 0 Å². The molecule has 104 valence electrons. The van der Waals surface area contributed by atoms with E-state index in [-0.39, 0.29) is 0 Å². The highest BCUT2D eigenvalue weighted by molar-refractivity contribution is 4.96. The molecule has 3 saturated heterocycles. The van der Waals surface area contributed by atoms with Gasteiger partial charge in [0.25, 0.3) is 0 Å². The molecule has 5 atom stereocenters. The Bertz CT molecular complexity index is 281. The van der Waals surface area contributed by atoms with E-state index in [0.29, 0.717) is 6.04 Å².